The van der Waals surface area contributed by atoms with Gasteiger partial charge >= 0.3 is 0 Å². The number of nitrogens with one attached hydrogen (secondary N) is 1. The van der Waals surface area contributed by atoms with E-state index >= 15 is 0 Å². The van der Waals surface area contributed by atoms with Crippen LogP contribution in [-0.2, 0) is 4.74 Å². The molecule has 3 heteroatoms. The lowest BCUT2D eigenvalue weighted by atomic mass is 9.79. The zero-order valence-electron chi connectivity index (χ0n) is 11.9. The van der Waals surface area contributed by atoms with Crippen molar-refractivity contribution in [1.29, 1.82) is 0 Å². The summed E-state index contributed by atoms with van der Waals surface area (Å²) in [6, 6.07) is 5.02. The molecule has 3 rings (SSSR count). The number of thiophene rings is 1. The van der Waals surface area contributed by atoms with Crippen molar-refractivity contribution in [2.24, 2.45) is 5.92 Å². The first-order valence-electron chi connectivity index (χ1n) is 7.65. The van der Waals surface area contributed by atoms with E-state index < -0.39 is 0 Å². The quantitative estimate of drug-likeness (QED) is 0.845. The van der Waals surface area contributed by atoms with Gasteiger partial charge in [0, 0.05) is 24.6 Å². The van der Waals surface area contributed by atoms with Crippen molar-refractivity contribution in [3.05, 3.63) is 22.4 Å². The summed E-state index contributed by atoms with van der Waals surface area (Å²) in [5.74, 6) is 0.827. The molecule has 0 bridgehead atoms. The highest BCUT2D eigenvalue weighted by Crippen LogP contribution is 2.39. The predicted molar refractivity (Wildman–Crippen MR) is 80.6 cm³/mol. The van der Waals surface area contributed by atoms with Crippen LogP contribution in [0.25, 0.3) is 0 Å². The van der Waals surface area contributed by atoms with Crippen LogP contribution in [0.1, 0.15) is 55.9 Å². The van der Waals surface area contributed by atoms with Crippen LogP contribution < -0.4 is 5.32 Å². The average Bonchev–Trinajstić information content (AvgIpc) is 3.05. The monoisotopic (exact) mass is 279 g/mol. The Kier molecular flexibility index (Phi) is 4.25. The smallest absolute Gasteiger partial charge is 0.0802 e. The van der Waals surface area contributed by atoms with E-state index in [1.807, 2.05) is 18.4 Å². The standard InChI is InChI=1S/C16H25NOS/c1-18-16(9-5-10-16)12-17-15(13-6-2-3-7-13)14-8-4-11-19-14/h4,8,11,13,15,17H,2-3,5-7,9-10,12H2,1H3. The number of methoxy groups -OCH3 is 1. The fourth-order valence-corrected chi connectivity index (χ4v) is 4.47. The molecule has 2 saturated carbocycles. The van der Waals surface area contributed by atoms with Crippen molar-refractivity contribution in [3.8, 4) is 0 Å². The molecular formula is C16H25NOS. The Labute approximate surface area is 120 Å². The molecule has 2 aliphatic carbocycles. The Hall–Kier alpha value is -0.380. The SMILES string of the molecule is COC1(CNC(c2cccs2)C2CCCC2)CCC1. The fraction of sp³-hybridized carbons (Fsp3) is 0.750. The van der Waals surface area contributed by atoms with Crippen LogP contribution in [0, 0.1) is 5.92 Å². The third-order valence-electron chi connectivity index (χ3n) is 5.06. The topological polar surface area (TPSA) is 21.3 Å². The molecule has 106 valence electrons. The van der Waals surface area contributed by atoms with Crippen LogP contribution in [0.5, 0.6) is 0 Å². The maximum atomic E-state index is 5.75. The summed E-state index contributed by atoms with van der Waals surface area (Å²) >= 11 is 1.90. The average molecular weight is 279 g/mol. The third kappa shape index (κ3) is 2.88. The first-order valence-corrected chi connectivity index (χ1v) is 8.53. The molecule has 2 aliphatic rings. The van der Waals surface area contributed by atoms with Crippen LogP contribution in [-0.4, -0.2) is 19.3 Å². The van der Waals surface area contributed by atoms with Gasteiger partial charge in [-0.15, -0.1) is 11.3 Å². The summed E-state index contributed by atoms with van der Waals surface area (Å²) in [5.41, 5.74) is 0.133. The van der Waals surface area contributed by atoms with Crippen molar-refractivity contribution in [3.63, 3.8) is 0 Å². The van der Waals surface area contributed by atoms with E-state index in [4.69, 9.17) is 4.74 Å². The number of hydrogen-bond acceptors (Lipinski definition) is 3. The molecule has 1 heterocycles. The van der Waals surface area contributed by atoms with Crippen LogP contribution in [0.15, 0.2) is 17.5 Å². The van der Waals surface area contributed by atoms with Crippen molar-refractivity contribution >= 4 is 11.3 Å². The van der Waals surface area contributed by atoms with Crippen LogP contribution in [0.3, 0.4) is 0 Å². The molecule has 0 aliphatic heterocycles. The Morgan fingerprint density at radius 3 is 2.68 bits per heavy atom. The molecule has 1 atom stereocenters. The minimum absolute atomic E-state index is 0.133. The second-order valence-corrected chi connectivity index (χ2v) is 7.14. The van der Waals surface area contributed by atoms with E-state index in [1.165, 1.54) is 49.8 Å². The van der Waals surface area contributed by atoms with Gasteiger partial charge in [0.1, 0.15) is 0 Å². The highest BCUT2D eigenvalue weighted by molar-refractivity contribution is 7.10. The summed E-state index contributed by atoms with van der Waals surface area (Å²) in [4.78, 5) is 1.51. The second kappa shape index (κ2) is 5.94. The zero-order chi connectivity index (χ0) is 13.1. The maximum absolute atomic E-state index is 5.75. The van der Waals surface area contributed by atoms with E-state index in [2.05, 4.69) is 22.8 Å². The van der Waals surface area contributed by atoms with E-state index in [0.717, 1.165) is 12.5 Å². The van der Waals surface area contributed by atoms with Gasteiger partial charge in [0.25, 0.3) is 0 Å². The van der Waals surface area contributed by atoms with Gasteiger partial charge in [0.2, 0.25) is 0 Å². The summed E-state index contributed by atoms with van der Waals surface area (Å²) < 4.78 is 5.75. The Morgan fingerprint density at radius 2 is 2.16 bits per heavy atom. The number of ether oxygens (including phenoxy) is 1. The summed E-state index contributed by atoms with van der Waals surface area (Å²) in [6.07, 6.45) is 9.34. The molecule has 1 N–H and O–H groups in total. The number of hydrogen-bond donors (Lipinski definition) is 1. The van der Waals surface area contributed by atoms with Gasteiger partial charge < -0.3 is 10.1 Å². The van der Waals surface area contributed by atoms with Gasteiger partial charge in [0.05, 0.1) is 5.60 Å². The van der Waals surface area contributed by atoms with Crippen molar-refractivity contribution in [2.75, 3.05) is 13.7 Å². The second-order valence-electron chi connectivity index (χ2n) is 6.16. The zero-order valence-corrected chi connectivity index (χ0v) is 12.7. The van der Waals surface area contributed by atoms with E-state index in [9.17, 15) is 0 Å². The third-order valence-corrected chi connectivity index (χ3v) is 6.02. The van der Waals surface area contributed by atoms with Gasteiger partial charge in [-0.3, -0.25) is 0 Å². The lowest BCUT2D eigenvalue weighted by Crippen LogP contribution is -2.49. The molecule has 2 nitrogen and oxygen atoms in total. The Bertz CT molecular complexity index is 374. The molecule has 1 aromatic heterocycles. The Morgan fingerprint density at radius 1 is 1.37 bits per heavy atom. The first-order chi connectivity index (χ1) is 9.33. The van der Waals surface area contributed by atoms with Crippen LogP contribution in [0.2, 0.25) is 0 Å². The molecule has 1 unspecified atom stereocenters. The predicted octanol–water partition coefficient (Wildman–Crippen LogP) is 4.14. The Balaban J connectivity index is 1.65. The highest BCUT2D eigenvalue weighted by Gasteiger charge is 2.38. The minimum atomic E-state index is 0.133. The lowest BCUT2D eigenvalue weighted by molar-refractivity contribution is -0.0717. The van der Waals surface area contributed by atoms with E-state index in [-0.39, 0.29) is 5.60 Å². The number of rotatable bonds is 6. The lowest BCUT2D eigenvalue weighted by Gasteiger charge is -2.42. The van der Waals surface area contributed by atoms with Gasteiger partial charge in [-0.1, -0.05) is 18.9 Å². The largest absolute Gasteiger partial charge is 0.377 e. The van der Waals surface area contributed by atoms with Crippen molar-refractivity contribution in [2.45, 2.75) is 56.6 Å². The molecule has 0 aromatic carbocycles. The first kappa shape index (κ1) is 13.6. The van der Waals surface area contributed by atoms with Crippen molar-refractivity contribution in [1.82, 2.24) is 5.32 Å². The molecule has 0 spiro atoms. The van der Waals surface area contributed by atoms with Gasteiger partial charge in [-0.2, -0.15) is 0 Å². The molecule has 19 heavy (non-hydrogen) atoms. The molecule has 0 saturated heterocycles. The molecule has 2 fully saturated rings. The van der Waals surface area contributed by atoms with Crippen LogP contribution in [0.4, 0.5) is 0 Å². The van der Waals surface area contributed by atoms with Crippen molar-refractivity contribution < 1.29 is 4.74 Å². The fourth-order valence-electron chi connectivity index (χ4n) is 3.58. The highest BCUT2D eigenvalue weighted by atomic mass is 32.1. The van der Waals surface area contributed by atoms with Gasteiger partial charge in [0.15, 0.2) is 0 Å². The molecule has 1 aromatic rings. The summed E-state index contributed by atoms with van der Waals surface area (Å²) in [5, 5.41) is 6.05. The molecular weight excluding hydrogens is 254 g/mol. The van der Waals surface area contributed by atoms with E-state index in [1.54, 1.807) is 0 Å². The van der Waals surface area contributed by atoms with Gasteiger partial charge in [-0.25, -0.2) is 0 Å². The summed E-state index contributed by atoms with van der Waals surface area (Å²) in [6.45, 7) is 1.02. The van der Waals surface area contributed by atoms with E-state index in [0.29, 0.717) is 6.04 Å². The normalized spacial score (nSPS) is 24.3. The summed E-state index contributed by atoms with van der Waals surface area (Å²) in [7, 11) is 1.87. The maximum Gasteiger partial charge on any atom is 0.0802 e. The molecule has 0 radical (unpaired) electrons. The van der Waals surface area contributed by atoms with Crippen LogP contribution >= 0.6 is 11.3 Å². The molecule has 0 amide bonds. The van der Waals surface area contributed by atoms with Gasteiger partial charge in [-0.05, 0) is 49.5 Å². The minimum Gasteiger partial charge on any atom is -0.377 e.